The summed E-state index contributed by atoms with van der Waals surface area (Å²) < 4.78 is 28.3. The first-order valence-corrected chi connectivity index (χ1v) is 9.96. The Balaban J connectivity index is 1.75. The number of rotatable bonds is 3. The van der Waals surface area contributed by atoms with Gasteiger partial charge in [0, 0.05) is 43.6 Å². The number of nitrogens with one attached hydrogen (secondary N) is 1. The average molecular weight is 371 g/mol. The molecule has 2 aromatic heterocycles. The molecule has 0 amide bonds. The highest BCUT2D eigenvalue weighted by molar-refractivity contribution is 7.89. The van der Waals surface area contributed by atoms with Crippen molar-refractivity contribution in [2.45, 2.75) is 17.9 Å². The largest absolute Gasteiger partial charge is 0.347 e. The lowest BCUT2D eigenvalue weighted by Crippen LogP contribution is -2.49. The van der Waals surface area contributed by atoms with Crippen LogP contribution in [0.25, 0.3) is 10.9 Å². The van der Waals surface area contributed by atoms with E-state index in [1.807, 2.05) is 26.1 Å². The zero-order valence-electron chi connectivity index (χ0n) is 14.8. The van der Waals surface area contributed by atoms with Gasteiger partial charge >= 0.3 is 0 Å². The third-order valence-corrected chi connectivity index (χ3v) is 6.92. The second-order valence-corrected chi connectivity index (χ2v) is 8.52. The quantitative estimate of drug-likeness (QED) is 0.761. The number of H-pyrrole nitrogens is 1. The summed E-state index contributed by atoms with van der Waals surface area (Å²) in [5, 5.41) is 0.668. The van der Waals surface area contributed by atoms with Gasteiger partial charge in [0.15, 0.2) is 0 Å². The fourth-order valence-electron chi connectivity index (χ4n) is 3.47. The molecule has 1 aliphatic rings. The van der Waals surface area contributed by atoms with E-state index in [2.05, 4.69) is 19.9 Å². The second-order valence-electron chi connectivity index (χ2n) is 6.61. The van der Waals surface area contributed by atoms with Crippen molar-refractivity contribution in [3.8, 4) is 0 Å². The Labute approximate surface area is 152 Å². The lowest BCUT2D eigenvalue weighted by molar-refractivity contribution is 0.142. The van der Waals surface area contributed by atoms with Gasteiger partial charge in [0.2, 0.25) is 10.0 Å². The fraction of sp³-hybridized carbons (Fsp3) is 0.333. The molecule has 8 heteroatoms. The number of likely N-dealkylation sites (N-methyl/N-ethyl adjacent to an activating group) is 1. The van der Waals surface area contributed by atoms with Crippen LogP contribution in [0.2, 0.25) is 0 Å². The molecule has 1 saturated heterocycles. The summed E-state index contributed by atoms with van der Waals surface area (Å²) in [4.78, 5) is 14.2. The Morgan fingerprint density at radius 3 is 2.77 bits per heavy atom. The smallest absolute Gasteiger partial charge is 0.243 e. The molecule has 26 heavy (non-hydrogen) atoms. The van der Waals surface area contributed by atoms with E-state index in [1.54, 1.807) is 35.0 Å². The molecule has 0 saturated carbocycles. The van der Waals surface area contributed by atoms with E-state index in [1.165, 1.54) is 0 Å². The van der Waals surface area contributed by atoms with Crippen molar-refractivity contribution in [3.05, 3.63) is 54.2 Å². The zero-order chi connectivity index (χ0) is 18.3. The Bertz CT molecular complexity index is 1030. The normalized spacial score (nSPS) is 19.8. The summed E-state index contributed by atoms with van der Waals surface area (Å²) >= 11 is 0. The fourth-order valence-corrected chi connectivity index (χ4v) is 5.09. The van der Waals surface area contributed by atoms with Crippen molar-refractivity contribution < 1.29 is 8.42 Å². The van der Waals surface area contributed by atoms with Crippen LogP contribution in [0.4, 0.5) is 0 Å². The van der Waals surface area contributed by atoms with Crippen LogP contribution in [0.5, 0.6) is 0 Å². The van der Waals surface area contributed by atoms with Crippen LogP contribution >= 0.6 is 0 Å². The lowest BCUT2D eigenvalue weighted by Gasteiger charge is -2.37. The number of nitrogens with zero attached hydrogens (tertiary/aromatic N) is 4. The highest BCUT2D eigenvalue weighted by Gasteiger charge is 2.35. The molecule has 1 aromatic carbocycles. The lowest BCUT2D eigenvalue weighted by atomic mass is 10.1. The van der Waals surface area contributed by atoms with Crippen LogP contribution in [-0.2, 0) is 10.0 Å². The number of fused-ring (bicyclic) bond motifs is 1. The maximum absolute atomic E-state index is 13.4. The van der Waals surface area contributed by atoms with Crippen LogP contribution < -0.4 is 0 Å². The first kappa shape index (κ1) is 17.1. The molecule has 0 bridgehead atoms. The second kappa shape index (κ2) is 6.46. The maximum Gasteiger partial charge on any atom is 0.243 e. The van der Waals surface area contributed by atoms with Gasteiger partial charge in [-0.05, 0) is 37.7 Å². The number of aryl methyl sites for hydroxylation is 1. The summed E-state index contributed by atoms with van der Waals surface area (Å²) in [5.41, 5.74) is 1.69. The number of piperazine rings is 1. The number of hydrogen-bond acceptors (Lipinski definition) is 5. The summed E-state index contributed by atoms with van der Waals surface area (Å²) in [6.45, 7) is 3.40. The number of sulfonamides is 1. The van der Waals surface area contributed by atoms with Crippen LogP contribution in [0.15, 0.2) is 47.8 Å². The van der Waals surface area contributed by atoms with Crippen molar-refractivity contribution in [2.75, 3.05) is 26.7 Å². The van der Waals surface area contributed by atoms with Gasteiger partial charge in [-0.15, -0.1) is 0 Å². The van der Waals surface area contributed by atoms with E-state index in [0.29, 0.717) is 29.9 Å². The summed E-state index contributed by atoms with van der Waals surface area (Å²) in [6.07, 6.45) is 5.14. The number of hydrogen-bond donors (Lipinski definition) is 1. The molecule has 7 nitrogen and oxygen atoms in total. The van der Waals surface area contributed by atoms with Crippen LogP contribution in [0.1, 0.15) is 17.4 Å². The van der Waals surface area contributed by atoms with Crippen molar-refractivity contribution in [2.24, 2.45) is 0 Å². The van der Waals surface area contributed by atoms with Crippen molar-refractivity contribution in [3.63, 3.8) is 0 Å². The molecule has 0 radical (unpaired) electrons. The molecule has 4 rings (SSSR count). The summed E-state index contributed by atoms with van der Waals surface area (Å²) in [7, 11) is -1.64. The number of pyridine rings is 1. The molecule has 1 N–H and O–H groups in total. The molecule has 3 heterocycles. The number of aromatic amines is 1. The Hall–Kier alpha value is -2.29. The Kier molecular flexibility index (Phi) is 4.26. The first-order valence-electron chi connectivity index (χ1n) is 8.52. The number of imidazole rings is 1. The molecule has 0 spiro atoms. The topological polar surface area (TPSA) is 82.2 Å². The van der Waals surface area contributed by atoms with E-state index in [-0.39, 0.29) is 6.04 Å². The molecule has 1 unspecified atom stereocenters. The molecule has 136 valence electrons. The highest BCUT2D eigenvalue weighted by Crippen LogP contribution is 2.30. The molecular formula is C18H21N5O2S. The minimum atomic E-state index is -3.63. The van der Waals surface area contributed by atoms with Gasteiger partial charge in [0.05, 0.1) is 16.5 Å². The van der Waals surface area contributed by atoms with Crippen LogP contribution in [0, 0.1) is 6.92 Å². The van der Waals surface area contributed by atoms with Crippen LogP contribution in [-0.4, -0.2) is 59.3 Å². The molecular weight excluding hydrogens is 350 g/mol. The predicted octanol–water partition coefficient (Wildman–Crippen LogP) is 1.94. The molecule has 1 aliphatic heterocycles. The van der Waals surface area contributed by atoms with Crippen molar-refractivity contribution >= 4 is 20.9 Å². The third kappa shape index (κ3) is 2.80. The van der Waals surface area contributed by atoms with Gasteiger partial charge in [-0.25, -0.2) is 13.4 Å². The molecule has 0 aliphatic carbocycles. The Morgan fingerprint density at radius 2 is 2.00 bits per heavy atom. The maximum atomic E-state index is 13.4. The standard InChI is InChI=1S/C18H21N5O2S/c1-13-5-6-16(14-4-3-7-19-17(13)14)26(24,25)23-11-10-22(2)15(12-23)18-20-8-9-21-18/h3-9,15H,10-12H2,1-2H3,(H,20,21). The van der Waals surface area contributed by atoms with Gasteiger partial charge in [0.25, 0.3) is 0 Å². The van der Waals surface area contributed by atoms with Crippen LogP contribution in [0.3, 0.4) is 0 Å². The van der Waals surface area contributed by atoms with E-state index < -0.39 is 10.0 Å². The number of aromatic nitrogens is 3. The van der Waals surface area contributed by atoms with Gasteiger partial charge in [-0.3, -0.25) is 9.88 Å². The predicted molar refractivity (Wildman–Crippen MR) is 99.2 cm³/mol. The average Bonchev–Trinajstić information content (AvgIpc) is 3.16. The van der Waals surface area contributed by atoms with E-state index in [4.69, 9.17) is 0 Å². The van der Waals surface area contributed by atoms with Gasteiger partial charge in [0.1, 0.15) is 5.82 Å². The van der Waals surface area contributed by atoms with Crippen molar-refractivity contribution in [1.29, 1.82) is 0 Å². The van der Waals surface area contributed by atoms with Gasteiger partial charge in [-0.2, -0.15) is 4.31 Å². The SMILES string of the molecule is Cc1ccc(S(=O)(=O)N2CCN(C)C(c3ncc[nH]3)C2)c2cccnc12. The third-order valence-electron chi connectivity index (χ3n) is 4.99. The monoisotopic (exact) mass is 371 g/mol. The Morgan fingerprint density at radius 1 is 1.15 bits per heavy atom. The van der Waals surface area contributed by atoms with E-state index in [9.17, 15) is 8.42 Å². The first-order chi connectivity index (χ1) is 12.5. The zero-order valence-corrected chi connectivity index (χ0v) is 15.6. The molecule has 1 atom stereocenters. The van der Waals surface area contributed by atoms with Gasteiger partial charge < -0.3 is 4.98 Å². The minimum absolute atomic E-state index is 0.0941. The summed E-state index contributed by atoms with van der Waals surface area (Å²) in [6, 6.07) is 7.01. The van der Waals surface area contributed by atoms with E-state index in [0.717, 1.165) is 16.9 Å². The highest BCUT2D eigenvalue weighted by atomic mass is 32.2. The molecule has 3 aromatic rings. The van der Waals surface area contributed by atoms with E-state index >= 15 is 0 Å². The van der Waals surface area contributed by atoms with Crippen molar-refractivity contribution in [1.82, 2.24) is 24.2 Å². The minimum Gasteiger partial charge on any atom is -0.347 e. The van der Waals surface area contributed by atoms with Gasteiger partial charge in [-0.1, -0.05) is 6.07 Å². The molecule has 1 fully saturated rings. The number of benzene rings is 1. The summed E-state index contributed by atoms with van der Waals surface area (Å²) in [5.74, 6) is 0.780.